The van der Waals surface area contributed by atoms with Gasteiger partial charge < -0.3 is 20.1 Å². The molecule has 1 aliphatic heterocycles. The number of aliphatic hydroxyl groups is 1. The first-order valence-electron chi connectivity index (χ1n) is 12.4. The van der Waals surface area contributed by atoms with Gasteiger partial charge >= 0.3 is 0 Å². The highest BCUT2D eigenvalue weighted by molar-refractivity contribution is 6.30. The lowest BCUT2D eigenvalue weighted by atomic mass is 9.77. The molecule has 3 atom stereocenters. The molecule has 0 saturated carbocycles. The molecule has 0 amide bonds. The van der Waals surface area contributed by atoms with E-state index in [9.17, 15) is 24.9 Å². The molecule has 1 aliphatic carbocycles. The molecule has 4 aromatic carbocycles. The summed E-state index contributed by atoms with van der Waals surface area (Å²) in [5, 5.41) is 34.2. The average Bonchev–Trinajstić information content (AvgIpc) is 2.92. The van der Waals surface area contributed by atoms with Crippen LogP contribution in [0, 0.1) is 0 Å². The Bertz CT molecular complexity index is 1580. The Labute approximate surface area is 219 Å². The van der Waals surface area contributed by atoms with E-state index < -0.39 is 35.3 Å². The molecule has 1 fully saturated rings. The Morgan fingerprint density at radius 1 is 0.737 bits per heavy atom. The lowest BCUT2D eigenvalue weighted by Gasteiger charge is -2.39. The van der Waals surface area contributed by atoms with Crippen molar-refractivity contribution in [3.63, 3.8) is 0 Å². The van der Waals surface area contributed by atoms with Gasteiger partial charge in [0, 0.05) is 28.7 Å². The van der Waals surface area contributed by atoms with Crippen molar-refractivity contribution < 1.29 is 29.6 Å². The predicted octanol–water partition coefficient (Wildman–Crippen LogP) is 5.82. The third kappa shape index (κ3) is 3.82. The third-order valence-corrected chi connectivity index (χ3v) is 7.21. The van der Waals surface area contributed by atoms with Crippen molar-refractivity contribution in [2.24, 2.45) is 0 Å². The number of ether oxygens (including phenoxy) is 1. The van der Waals surface area contributed by atoms with E-state index in [0.29, 0.717) is 6.42 Å². The van der Waals surface area contributed by atoms with E-state index in [4.69, 9.17) is 4.74 Å². The van der Waals surface area contributed by atoms with Crippen LogP contribution in [0.3, 0.4) is 0 Å². The number of aromatic hydroxyl groups is 2. The minimum atomic E-state index is -1.39. The Morgan fingerprint density at radius 2 is 1.26 bits per heavy atom. The number of ketones is 2. The van der Waals surface area contributed by atoms with Crippen molar-refractivity contribution in [2.75, 3.05) is 0 Å². The Hall–Kier alpha value is -4.52. The molecule has 0 spiro atoms. The molecule has 0 radical (unpaired) electrons. The average molecular weight is 505 g/mol. The normalized spacial score (nSPS) is 19.1. The minimum absolute atomic E-state index is 0.0505. The summed E-state index contributed by atoms with van der Waals surface area (Å²) >= 11 is 0. The van der Waals surface area contributed by atoms with Crippen LogP contribution >= 0.6 is 0 Å². The summed E-state index contributed by atoms with van der Waals surface area (Å²) in [4.78, 5) is 26.9. The van der Waals surface area contributed by atoms with Gasteiger partial charge in [-0.25, -0.2) is 0 Å². The second-order valence-corrected chi connectivity index (χ2v) is 9.45. The first-order chi connectivity index (χ1) is 18.5. The highest BCUT2D eigenvalue weighted by Crippen LogP contribution is 2.54. The number of hydrogen-bond donors (Lipinski definition) is 3. The number of phenolic OH excluding ortho intramolecular Hbond substituents is 2. The van der Waals surface area contributed by atoms with Crippen molar-refractivity contribution in [1.29, 1.82) is 0 Å². The summed E-state index contributed by atoms with van der Waals surface area (Å²) in [6.45, 7) is 0. The largest absolute Gasteiger partial charge is 0.507 e. The second-order valence-electron chi connectivity index (χ2n) is 9.45. The van der Waals surface area contributed by atoms with Crippen LogP contribution in [0.25, 0.3) is 6.08 Å². The number of benzene rings is 4. The number of aliphatic hydroxyl groups excluding tert-OH is 1. The maximum absolute atomic E-state index is 13.4. The van der Waals surface area contributed by atoms with Crippen LogP contribution in [-0.4, -0.2) is 26.9 Å². The van der Waals surface area contributed by atoms with Gasteiger partial charge in [-0.2, -0.15) is 0 Å². The number of fused-ring (bicyclic) bond motifs is 2. The first-order valence-corrected chi connectivity index (χ1v) is 12.4. The van der Waals surface area contributed by atoms with Gasteiger partial charge in [0.1, 0.15) is 17.6 Å². The standard InChI is InChI=1S/C32H24O6/c33-22(16-15-18-9-3-1-4-10-18)25-26(24-17-23(38-24)19-11-5-2-6-12-19)32(37)28-27(31(25)36)29(34)20-13-7-8-14-21(20)30(28)35/h1-16,22-24,33,36-37H,17H2/b16-15+. The lowest BCUT2D eigenvalue weighted by molar-refractivity contribution is -0.132. The molecule has 3 N–H and O–H groups in total. The molecule has 0 bridgehead atoms. The number of rotatable bonds is 5. The maximum Gasteiger partial charge on any atom is 0.198 e. The molecule has 1 heterocycles. The fourth-order valence-corrected chi connectivity index (χ4v) is 5.29. The van der Waals surface area contributed by atoms with Crippen LogP contribution in [0.4, 0.5) is 0 Å². The van der Waals surface area contributed by atoms with Gasteiger partial charge in [0.15, 0.2) is 11.6 Å². The minimum Gasteiger partial charge on any atom is -0.507 e. The van der Waals surface area contributed by atoms with E-state index in [1.54, 1.807) is 18.2 Å². The second kappa shape index (κ2) is 9.41. The van der Waals surface area contributed by atoms with E-state index in [0.717, 1.165) is 11.1 Å². The molecule has 6 heteroatoms. The quantitative estimate of drug-likeness (QED) is 0.261. The molecular formula is C32H24O6. The highest BCUT2D eigenvalue weighted by atomic mass is 16.5. The Kier molecular flexibility index (Phi) is 5.91. The molecular weight excluding hydrogens is 480 g/mol. The summed E-state index contributed by atoms with van der Waals surface area (Å²) in [6.07, 6.45) is 1.27. The summed E-state index contributed by atoms with van der Waals surface area (Å²) in [7, 11) is 0. The van der Waals surface area contributed by atoms with E-state index >= 15 is 0 Å². The molecule has 188 valence electrons. The zero-order chi connectivity index (χ0) is 26.4. The number of carbonyl (C=O) groups is 2. The van der Waals surface area contributed by atoms with Crippen molar-refractivity contribution >= 4 is 17.6 Å². The summed E-state index contributed by atoms with van der Waals surface area (Å²) in [5.41, 5.74) is 1.55. The number of hydrogen-bond acceptors (Lipinski definition) is 6. The van der Waals surface area contributed by atoms with Gasteiger partial charge in [-0.3, -0.25) is 9.59 Å². The number of carbonyl (C=O) groups excluding carboxylic acids is 2. The molecule has 3 unspecified atom stereocenters. The van der Waals surface area contributed by atoms with E-state index in [1.807, 2.05) is 60.7 Å². The predicted molar refractivity (Wildman–Crippen MR) is 141 cm³/mol. The monoisotopic (exact) mass is 504 g/mol. The van der Waals surface area contributed by atoms with Crippen LogP contribution < -0.4 is 0 Å². The van der Waals surface area contributed by atoms with E-state index in [2.05, 4.69) is 0 Å². The van der Waals surface area contributed by atoms with E-state index in [1.165, 1.54) is 18.2 Å². The summed E-state index contributed by atoms with van der Waals surface area (Å²) < 4.78 is 6.12. The Morgan fingerprint density at radius 3 is 1.87 bits per heavy atom. The smallest absolute Gasteiger partial charge is 0.198 e. The van der Waals surface area contributed by atoms with Gasteiger partial charge in [-0.1, -0.05) is 97.1 Å². The summed E-state index contributed by atoms with van der Waals surface area (Å²) in [6, 6.07) is 25.2. The fourth-order valence-electron chi connectivity index (χ4n) is 5.29. The highest BCUT2D eigenvalue weighted by Gasteiger charge is 2.43. The molecule has 4 aromatic rings. The Balaban J connectivity index is 1.48. The SMILES string of the molecule is O=C1c2ccccc2C(=O)c2c(O)c(C3CC(c4ccccc4)O3)c(C(O)/C=C/c3ccccc3)c(O)c21. The van der Waals surface area contributed by atoms with Crippen molar-refractivity contribution in [3.8, 4) is 11.5 Å². The van der Waals surface area contributed by atoms with Crippen LogP contribution in [0.1, 0.15) is 78.8 Å². The molecule has 6 rings (SSSR count). The van der Waals surface area contributed by atoms with Crippen LogP contribution in [0.15, 0.2) is 91.0 Å². The summed E-state index contributed by atoms with van der Waals surface area (Å²) in [5.74, 6) is -2.14. The van der Waals surface area contributed by atoms with Crippen molar-refractivity contribution in [1.82, 2.24) is 0 Å². The van der Waals surface area contributed by atoms with E-state index in [-0.39, 0.29) is 39.5 Å². The van der Waals surface area contributed by atoms with Crippen LogP contribution in [-0.2, 0) is 4.74 Å². The fraction of sp³-hybridized carbons (Fsp3) is 0.125. The topological polar surface area (TPSA) is 104 Å². The molecule has 38 heavy (non-hydrogen) atoms. The first kappa shape index (κ1) is 23.9. The zero-order valence-electron chi connectivity index (χ0n) is 20.2. The third-order valence-electron chi connectivity index (χ3n) is 7.21. The van der Waals surface area contributed by atoms with Gasteiger partial charge in [-0.05, 0) is 11.1 Å². The lowest BCUT2D eigenvalue weighted by Crippen LogP contribution is -2.28. The van der Waals surface area contributed by atoms with Crippen LogP contribution in [0.2, 0.25) is 0 Å². The number of phenols is 2. The van der Waals surface area contributed by atoms with Crippen molar-refractivity contribution in [2.45, 2.75) is 24.7 Å². The molecule has 1 saturated heterocycles. The zero-order valence-corrected chi connectivity index (χ0v) is 20.2. The molecule has 2 aliphatic rings. The molecule has 0 aromatic heterocycles. The van der Waals surface area contributed by atoms with Gasteiger partial charge in [0.25, 0.3) is 0 Å². The van der Waals surface area contributed by atoms with Gasteiger partial charge in [0.2, 0.25) is 0 Å². The maximum atomic E-state index is 13.4. The van der Waals surface area contributed by atoms with Crippen LogP contribution in [0.5, 0.6) is 11.5 Å². The van der Waals surface area contributed by atoms with Gasteiger partial charge in [-0.15, -0.1) is 0 Å². The molecule has 6 nitrogen and oxygen atoms in total. The van der Waals surface area contributed by atoms with Gasteiger partial charge in [0.05, 0.1) is 23.3 Å². The van der Waals surface area contributed by atoms with Crippen molar-refractivity contribution in [3.05, 3.63) is 136 Å².